The molecule has 11 heteroatoms. The van der Waals surface area contributed by atoms with E-state index in [1.807, 2.05) is 0 Å². The number of carbonyl (C=O) groups excluding carboxylic acids is 1. The van der Waals surface area contributed by atoms with Gasteiger partial charge in [-0.3, -0.25) is 8.37 Å². The van der Waals surface area contributed by atoms with Crippen molar-refractivity contribution in [1.82, 2.24) is 0 Å². The molecule has 0 N–H and O–H groups in total. The predicted molar refractivity (Wildman–Crippen MR) is 66.3 cm³/mol. The summed E-state index contributed by atoms with van der Waals surface area (Å²) in [5.41, 5.74) is -2.32. The minimum atomic E-state index is -3.69. The molecule has 3 aliphatic heterocycles. The van der Waals surface area contributed by atoms with E-state index in [9.17, 15) is 21.6 Å². The molecule has 3 rings (SSSR count). The van der Waals surface area contributed by atoms with Crippen molar-refractivity contribution in [2.75, 3.05) is 24.7 Å². The lowest BCUT2D eigenvalue weighted by molar-refractivity contribution is -0.0676. The molecule has 0 amide bonds. The van der Waals surface area contributed by atoms with Gasteiger partial charge in [-0.2, -0.15) is 16.8 Å². The molecular formula is C10H14O9S2. The highest BCUT2D eigenvalue weighted by Gasteiger charge is 2.64. The largest absolute Gasteiger partial charge is 0.509 e. The normalized spacial score (nSPS) is 44.4. The third-order valence-corrected chi connectivity index (χ3v) is 6.62. The molecular weight excluding hydrogens is 328 g/mol. The molecule has 0 saturated carbocycles. The Hall–Kier alpha value is -0.910. The Balaban J connectivity index is 1.92. The van der Waals surface area contributed by atoms with Crippen LogP contribution < -0.4 is 0 Å². The van der Waals surface area contributed by atoms with Crippen LogP contribution in [0.1, 0.15) is 13.3 Å². The number of cyclic esters (lactones) is 1. The van der Waals surface area contributed by atoms with Crippen LogP contribution in [0.3, 0.4) is 0 Å². The highest BCUT2D eigenvalue weighted by atomic mass is 32.2. The lowest BCUT2D eigenvalue weighted by atomic mass is 9.76. The SMILES string of the molecule is CC1(C2OC(=O)OC23CCS(=O)(=O)OC3)COS(=O)(=O)C1. The second-order valence-corrected chi connectivity index (χ2v) is 9.21. The van der Waals surface area contributed by atoms with Crippen LogP contribution in [0.4, 0.5) is 4.79 Å². The fourth-order valence-electron chi connectivity index (χ4n) is 2.99. The molecule has 0 bridgehead atoms. The van der Waals surface area contributed by atoms with Gasteiger partial charge in [-0.15, -0.1) is 0 Å². The van der Waals surface area contributed by atoms with E-state index in [2.05, 4.69) is 0 Å². The first-order chi connectivity index (χ1) is 9.56. The summed E-state index contributed by atoms with van der Waals surface area (Å²) in [6.07, 6.45) is -1.93. The van der Waals surface area contributed by atoms with Crippen LogP contribution in [-0.2, 0) is 38.1 Å². The average Bonchev–Trinajstić information content (AvgIpc) is 2.83. The van der Waals surface area contributed by atoms with Gasteiger partial charge in [-0.1, -0.05) is 6.92 Å². The Bertz CT molecular complexity index is 665. The van der Waals surface area contributed by atoms with Crippen LogP contribution in [-0.4, -0.2) is 59.4 Å². The molecule has 1 spiro atoms. The van der Waals surface area contributed by atoms with Gasteiger partial charge >= 0.3 is 6.16 Å². The summed E-state index contributed by atoms with van der Waals surface area (Å²) in [4.78, 5) is 11.5. The first kappa shape index (κ1) is 15.0. The number of hydrogen-bond acceptors (Lipinski definition) is 9. The Morgan fingerprint density at radius 3 is 2.29 bits per heavy atom. The van der Waals surface area contributed by atoms with E-state index in [1.165, 1.54) is 0 Å². The third-order valence-electron chi connectivity index (χ3n) is 3.94. The Labute approximate surface area is 121 Å². The molecule has 3 unspecified atom stereocenters. The maximum absolute atomic E-state index is 11.5. The molecule has 0 aromatic heterocycles. The van der Waals surface area contributed by atoms with E-state index in [1.54, 1.807) is 6.92 Å². The minimum Gasteiger partial charge on any atom is -0.426 e. The monoisotopic (exact) mass is 342 g/mol. The summed E-state index contributed by atoms with van der Waals surface area (Å²) in [5.74, 6) is -0.667. The van der Waals surface area contributed by atoms with Crippen LogP contribution >= 0.6 is 0 Å². The molecule has 3 aliphatic rings. The Morgan fingerprint density at radius 2 is 1.76 bits per heavy atom. The van der Waals surface area contributed by atoms with Crippen molar-refractivity contribution >= 4 is 26.4 Å². The van der Waals surface area contributed by atoms with Gasteiger partial charge < -0.3 is 9.47 Å². The van der Waals surface area contributed by atoms with Gasteiger partial charge in [0.1, 0.15) is 6.61 Å². The van der Waals surface area contributed by atoms with Crippen molar-refractivity contribution < 1.29 is 39.5 Å². The summed E-state index contributed by atoms with van der Waals surface area (Å²) in [5, 5.41) is 0. The van der Waals surface area contributed by atoms with E-state index >= 15 is 0 Å². The Kier molecular flexibility index (Phi) is 3.08. The van der Waals surface area contributed by atoms with Crippen molar-refractivity contribution in [3.63, 3.8) is 0 Å². The van der Waals surface area contributed by atoms with E-state index in [4.69, 9.17) is 17.8 Å². The zero-order valence-corrected chi connectivity index (χ0v) is 12.7. The zero-order chi connectivity index (χ0) is 15.5. The van der Waals surface area contributed by atoms with Crippen molar-refractivity contribution in [3.8, 4) is 0 Å². The molecule has 21 heavy (non-hydrogen) atoms. The molecule has 9 nitrogen and oxygen atoms in total. The fraction of sp³-hybridized carbons (Fsp3) is 0.900. The van der Waals surface area contributed by atoms with Gasteiger partial charge in [0.2, 0.25) is 0 Å². The number of hydrogen-bond donors (Lipinski definition) is 0. The molecule has 3 fully saturated rings. The first-order valence-electron chi connectivity index (χ1n) is 6.20. The summed E-state index contributed by atoms with van der Waals surface area (Å²) >= 11 is 0. The number of rotatable bonds is 1. The van der Waals surface area contributed by atoms with E-state index in [0.717, 1.165) is 0 Å². The molecule has 3 heterocycles. The standard InChI is InChI=1S/C10H14O9S2/c1-9(4-16-21(14,15)6-9)7-10(19-8(11)18-7)2-3-20(12,13)17-5-10/h7H,2-6H2,1H3. The van der Waals surface area contributed by atoms with Crippen molar-refractivity contribution in [3.05, 3.63) is 0 Å². The van der Waals surface area contributed by atoms with Gasteiger partial charge in [0.25, 0.3) is 20.2 Å². The smallest absolute Gasteiger partial charge is 0.426 e. The maximum Gasteiger partial charge on any atom is 0.509 e. The lowest BCUT2D eigenvalue weighted by Gasteiger charge is -2.39. The molecule has 3 atom stereocenters. The minimum absolute atomic E-state index is 0.0125. The van der Waals surface area contributed by atoms with E-state index in [-0.39, 0.29) is 31.1 Å². The maximum atomic E-state index is 11.5. The van der Waals surface area contributed by atoms with Crippen molar-refractivity contribution in [1.29, 1.82) is 0 Å². The topological polar surface area (TPSA) is 122 Å². The van der Waals surface area contributed by atoms with Crippen LogP contribution in [0.15, 0.2) is 0 Å². The molecule has 0 radical (unpaired) electrons. The average molecular weight is 342 g/mol. The number of ether oxygens (including phenoxy) is 2. The molecule has 0 aromatic rings. The summed E-state index contributed by atoms with van der Waals surface area (Å²) in [7, 11) is -7.34. The van der Waals surface area contributed by atoms with Gasteiger partial charge in [0, 0.05) is 11.8 Å². The van der Waals surface area contributed by atoms with E-state index in [0.29, 0.717) is 0 Å². The predicted octanol–water partition coefficient (Wildman–Crippen LogP) is -0.623. The van der Waals surface area contributed by atoms with Gasteiger partial charge in [-0.05, 0) is 0 Å². The summed E-state index contributed by atoms with van der Waals surface area (Å²) < 4.78 is 65.5. The first-order valence-corrected chi connectivity index (χ1v) is 9.35. The lowest BCUT2D eigenvalue weighted by Crippen LogP contribution is -2.56. The fourth-order valence-corrected chi connectivity index (χ4v) is 5.66. The zero-order valence-electron chi connectivity index (χ0n) is 11.1. The van der Waals surface area contributed by atoms with Crippen LogP contribution in [0, 0.1) is 5.41 Å². The highest BCUT2D eigenvalue weighted by molar-refractivity contribution is 7.87. The van der Waals surface area contributed by atoms with Gasteiger partial charge in [0.15, 0.2) is 11.7 Å². The van der Waals surface area contributed by atoms with Crippen LogP contribution in [0.2, 0.25) is 0 Å². The quantitative estimate of drug-likeness (QED) is 0.453. The third kappa shape index (κ3) is 2.51. The summed E-state index contributed by atoms with van der Waals surface area (Å²) in [6, 6.07) is 0. The molecule has 120 valence electrons. The van der Waals surface area contributed by atoms with Crippen molar-refractivity contribution in [2.24, 2.45) is 5.41 Å². The number of carbonyl (C=O) groups is 1. The molecule has 0 aromatic carbocycles. The highest BCUT2D eigenvalue weighted by Crippen LogP contribution is 2.46. The Morgan fingerprint density at radius 1 is 1.10 bits per heavy atom. The second-order valence-electron chi connectivity index (χ2n) is 5.81. The molecule has 0 aliphatic carbocycles. The second kappa shape index (κ2) is 4.31. The molecule has 3 saturated heterocycles. The van der Waals surface area contributed by atoms with Crippen LogP contribution in [0.5, 0.6) is 0 Å². The van der Waals surface area contributed by atoms with Gasteiger partial charge in [0.05, 0.1) is 18.1 Å². The van der Waals surface area contributed by atoms with Crippen molar-refractivity contribution in [2.45, 2.75) is 25.0 Å². The van der Waals surface area contributed by atoms with Gasteiger partial charge in [-0.25, -0.2) is 4.79 Å². The van der Waals surface area contributed by atoms with E-state index < -0.39 is 43.5 Å². The summed E-state index contributed by atoms with van der Waals surface area (Å²) in [6.45, 7) is 1.04. The van der Waals surface area contributed by atoms with Crippen LogP contribution in [0.25, 0.3) is 0 Å².